The first-order valence-corrected chi connectivity index (χ1v) is 13.2. The average molecular weight is 455 g/mol. The van der Waals surface area contributed by atoms with Crippen LogP contribution in [-0.4, -0.2) is 31.7 Å². The predicted molar refractivity (Wildman–Crippen MR) is 130 cm³/mol. The molecule has 4 rings (SSSR count). The van der Waals surface area contributed by atoms with Crippen LogP contribution in [0, 0.1) is 34.6 Å². The van der Waals surface area contributed by atoms with Gasteiger partial charge in [0.15, 0.2) is 15.0 Å². The lowest BCUT2D eigenvalue weighted by molar-refractivity contribution is 0.528. The van der Waals surface area contributed by atoms with Gasteiger partial charge in [-0.15, -0.1) is 11.3 Å². The molecule has 4 nitrogen and oxygen atoms in total. The molecule has 3 aromatic rings. The second kappa shape index (κ2) is 8.40. The summed E-state index contributed by atoms with van der Waals surface area (Å²) in [7, 11) is -3.36. The minimum absolute atomic E-state index is 0.335. The molecule has 0 spiro atoms. The van der Waals surface area contributed by atoms with Crippen LogP contribution in [0.25, 0.3) is 11.3 Å². The van der Waals surface area contributed by atoms with Crippen LogP contribution in [-0.2, 0) is 9.84 Å². The fourth-order valence-corrected chi connectivity index (χ4v) is 7.74. The van der Waals surface area contributed by atoms with Gasteiger partial charge >= 0.3 is 0 Å². The van der Waals surface area contributed by atoms with Crippen LogP contribution in [0.2, 0.25) is 0 Å². The molecule has 0 amide bonds. The molecular formula is C25H30N2O2S2. The third-order valence-electron chi connectivity index (χ3n) is 6.65. The van der Waals surface area contributed by atoms with Gasteiger partial charge in [0, 0.05) is 24.0 Å². The first-order valence-electron chi connectivity index (χ1n) is 10.8. The summed E-state index contributed by atoms with van der Waals surface area (Å²) in [4.78, 5) is 7.65. The van der Waals surface area contributed by atoms with Crippen LogP contribution < -0.4 is 4.90 Å². The molecule has 2 aromatic carbocycles. The molecule has 1 aliphatic rings. The van der Waals surface area contributed by atoms with Crippen LogP contribution in [0.5, 0.6) is 0 Å². The zero-order chi connectivity index (χ0) is 22.3. The minimum Gasteiger partial charge on any atom is -0.348 e. The lowest BCUT2D eigenvalue weighted by atomic mass is 10.0. The summed E-state index contributed by atoms with van der Waals surface area (Å²) < 4.78 is 27.1. The van der Waals surface area contributed by atoms with E-state index >= 15 is 0 Å². The Balaban J connectivity index is 1.53. The maximum absolute atomic E-state index is 13.6. The Morgan fingerprint density at radius 1 is 0.935 bits per heavy atom. The van der Waals surface area contributed by atoms with Crippen molar-refractivity contribution in [2.24, 2.45) is 0 Å². The van der Waals surface area contributed by atoms with Crippen LogP contribution in [0.15, 0.2) is 40.6 Å². The van der Waals surface area contributed by atoms with E-state index in [1.807, 2.05) is 39.8 Å². The van der Waals surface area contributed by atoms with Crippen molar-refractivity contribution in [1.29, 1.82) is 0 Å². The molecule has 2 heterocycles. The van der Waals surface area contributed by atoms with E-state index in [-0.39, 0.29) is 5.25 Å². The SMILES string of the molecule is Cc1ccccc1-c1csc(N2CCC(S(=O)(=O)c3c(C)c(C)cc(C)c3C)CC2)n1. The molecule has 0 bridgehead atoms. The Bertz CT molecular complexity index is 1190. The van der Waals surface area contributed by atoms with Crippen LogP contribution in [0.3, 0.4) is 0 Å². The van der Waals surface area contributed by atoms with Gasteiger partial charge in [0.2, 0.25) is 0 Å². The van der Waals surface area contributed by atoms with Gasteiger partial charge in [0.05, 0.1) is 15.8 Å². The standard InChI is InChI=1S/C25H30N2O2S2/c1-16-8-6-7-9-22(16)23-15-30-25(26-23)27-12-10-21(11-13-27)31(28,29)24-19(4)17(2)14-18(3)20(24)5/h6-9,14-15,21H,10-13H2,1-5H3. The van der Waals surface area contributed by atoms with E-state index in [1.54, 1.807) is 11.3 Å². The molecule has 1 fully saturated rings. The number of hydrogen-bond donors (Lipinski definition) is 0. The minimum atomic E-state index is -3.36. The quantitative estimate of drug-likeness (QED) is 0.500. The highest BCUT2D eigenvalue weighted by Crippen LogP contribution is 2.35. The Kier molecular flexibility index (Phi) is 5.97. The van der Waals surface area contributed by atoms with Crippen molar-refractivity contribution >= 4 is 26.3 Å². The second-order valence-electron chi connectivity index (χ2n) is 8.65. The Morgan fingerprint density at radius 3 is 2.16 bits per heavy atom. The monoisotopic (exact) mass is 454 g/mol. The van der Waals surface area contributed by atoms with Crippen molar-refractivity contribution in [3.8, 4) is 11.3 Å². The lowest BCUT2D eigenvalue weighted by Gasteiger charge is -2.32. The number of thiazole rings is 1. The summed E-state index contributed by atoms with van der Waals surface area (Å²) in [5.41, 5.74) is 7.25. The number of aromatic nitrogens is 1. The number of anilines is 1. The first-order chi connectivity index (χ1) is 14.7. The molecule has 0 saturated carbocycles. The molecule has 0 N–H and O–H groups in total. The first kappa shape index (κ1) is 22.0. The summed E-state index contributed by atoms with van der Waals surface area (Å²) in [5.74, 6) is 0. The van der Waals surface area contributed by atoms with Crippen LogP contribution in [0.4, 0.5) is 5.13 Å². The number of aryl methyl sites for hydroxylation is 3. The molecule has 1 saturated heterocycles. The largest absolute Gasteiger partial charge is 0.348 e. The van der Waals surface area contributed by atoms with Gasteiger partial charge in [-0.1, -0.05) is 30.3 Å². The highest BCUT2D eigenvalue weighted by Gasteiger charge is 2.34. The Hall–Kier alpha value is -2.18. The third-order valence-corrected chi connectivity index (χ3v) is 10.1. The molecule has 0 radical (unpaired) electrons. The normalized spacial score (nSPS) is 15.5. The number of hydrogen-bond acceptors (Lipinski definition) is 5. The van der Waals surface area contributed by atoms with E-state index in [4.69, 9.17) is 4.98 Å². The average Bonchev–Trinajstić information content (AvgIpc) is 3.23. The highest BCUT2D eigenvalue weighted by atomic mass is 32.2. The molecule has 6 heteroatoms. The lowest BCUT2D eigenvalue weighted by Crippen LogP contribution is -2.39. The summed E-state index contributed by atoms with van der Waals surface area (Å²) in [5, 5.41) is 2.74. The van der Waals surface area contributed by atoms with Gasteiger partial charge < -0.3 is 4.90 Å². The van der Waals surface area contributed by atoms with Crippen molar-refractivity contribution in [3.63, 3.8) is 0 Å². The van der Waals surface area contributed by atoms with E-state index in [0.29, 0.717) is 30.8 Å². The summed E-state index contributed by atoms with van der Waals surface area (Å²) in [6.07, 6.45) is 1.26. The molecule has 0 aliphatic carbocycles. The van der Waals surface area contributed by atoms with Gasteiger partial charge in [0.1, 0.15) is 0 Å². The summed E-state index contributed by atoms with van der Waals surface area (Å²) in [6, 6.07) is 10.4. The topological polar surface area (TPSA) is 50.3 Å². The Labute approximate surface area is 189 Å². The van der Waals surface area contributed by atoms with Gasteiger partial charge in [-0.25, -0.2) is 13.4 Å². The van der Waals surface area contributed by atoms with Gasteiger partial charge in [-0.3, -0.25) is 0 Å². The smallest absolute Gasteiger partial charge is 0.185 e. The van der Waals surface area contributed by atoms with E-state index in [0.717, 1.165) is 38.6 Å². The molecule has 31 heavy (non-hydrogen) atoms. The van der Waals surface area contributed by atoms with Crippen molar-refractivity contribution in [1.82, 2.24) is 4.98 Å². The third kappa shape index (κ3) is 4.03. The predicted octanol–water partition coefficient (Wildman–Crippen LogP) is 5.79. The number of rotatable bonds is 4. The van der Waals surface area contributed by atoms with E-state index in [2.05, 4.69) is 35.4 Å². The number of benzene rings is 2. The van der Waals surface area contributed by atoms with Gasteiger partial charge in [-0.2, -0.15) is 0 Å². The maximum atomic E-state index is 13.6. The molecular weight excluding hydrogens is 424 g/mol. The van der Waals surface area contributed by atoms with Gasteiger partial charge in [-0.05, 0) is 75.3 Å². The number of piperidine rings is 1. The fourth-order valence-electron chi connectivity index (χ4n) is 4.53. The van der Waals surface area contributed by atoms with Crippen molar-refractivity contribution in [2.75, 3.05) is 18.0 Å². The van der Waals surface area contributed by atoms with Crippen LogP contribution in [0.1, 0.15) is 40.7 Å². The van der Waals surface area contributed by atoms with Crippen molar-refractivity contribution in [2.45, 2.75) is 57.6 Å². The fraction of sp³-hybridized carbons (Fsp3) is 0.400. The number of sulfone groups is 1. The highest BCUT2D eigenvalue weighted by molar-refractivity contribution is 7.92. The van der Waals surface area contributed by atoms with E-state index < -0.39 is 9.84 Å². The van der Waals surface area contributed by atoms with Crippen molar-refractivity contribution < 1.29 is 8.42 Å². The molecule has 0 unspecified atom stereocenters. The number of nitrogens with zero attached hydrogens (tertiary/aromatic N) is 2. The van der Waals surface area contributed by atoms with Crippen LogP contribution >= 0.6 is 11.3 Å². The maximum Gasteiger partial charge on any atom is 0.185 e. The van der Waals surface area contributed by atoms with E-state index in [9.17, 15) is 8.42 Å². The summed E-state index contributed by atoms with van der Waals surface area (Å²) >= 11 is 1.64. The van der Waals surface area contributed by atoms with E-state index in [1.165, 1.54) is 5.56 Å². The molecule has 1 aromatic heterocycles. The zero-order valence-corrected chi connectivity index (χ0v) is 20.5. The van der Waals surface area contributed by atoms with Crippen molar-refractivity contribution in [3.05, 3.63) is 63.5 Å². The molecule has 164 valence electrons. The summed E-state index contributed by atoms with van der Waals surface area (Å²) in [6.45, 7) is 11.4. The molecule has 0 atom stereocenters. The molecule has 1 aliphatic heterocycles. The van der Waals surface area contributed by atoms with Gasteiger partial charge in [0.25, 0.3) is 0 Å². The Morgan fingerprint density at radius 2 is 1.55 bits per heavy atom. The zero-order valence-electron chi connectivity index (χ0n) is 18.9. The second-order valence-corrected chi connectivity index (χ2v) is 11.7.